The van der Waals surface area contributed by atoms with E-state index >= 15 is 0 Å². The number of carbonyl (C=O) groups excluding carboxylic acids is 2. The van der Waals surface area contributed by atoms with Gasteiger partial charge in [-0.05, 0) is 32.3 Å². The highest BCUT2D eigenvalue weighted by Gasteiger charge is 2.11. The normalized spacial score (nSPS) is 12.6. The van der Waals surface area contributed by atoms with Gasteiger partial charge < -0.3 is 31.3 Å². The molecule has 0 fully saturated rings. The predicted molar refractivity (Wildman–Crippen MR) is 124 cm³/mol. The molecule has 33 heavy (non-hydrogen) atoms. The molecule has 3 atom stereocenters. The molecule has 0 radical (unpaired) electrons. The Kier molecular flexibility index (Phi) is 12.8. The van der Waals surface area contributed by atoms with Gasteiger partial charge in [-0.25, -0.2) is 0 Å². The number of carbonyl (C=O) groups is 2. The molecule has 3 rings (SSSR count). The highest BCUT2D eigenvalue weighted by molar-refractivity contribution is 5.75. The summed E-state index contributed by atoms with van der Waals surface area (Å²) in [5, 5.41) is 20.9. The molecule has 6 heteroatoms. The Morgan fingerprint density at radius 3 is 1.33 bits per heavy atom. The van der Waals surface area contributed by atoms with Gasteiger partial charge in [-0.15, -0.1) is 0 Å². The molecule has 3 aromatic carbocycles. The van der Waals surface area contributed by atoms with E-state index in [1.807, 2.05) is 36.4 Å². The molecular weight excluding hydrogens is 416 g/mol. The van der Waals surface area contributed by atoms with Gasteiger partial charge in [-0.3, -0.25) is 0 Å². The third-order valence-electron chi connectivity index (χ3n) is 4.81. The van der Waals surface area contributed by atoms with E-state index in [1.54, 1.807) is 30.3 Å². The maximum atomic E-state index is 10.6. The quantitative estimate of drug-likeness (QED) is 0.548. The van der Waals surface area contributed by atoms with Gasteiger partial charge in [0.05, 0.1) is 0 Å². The second-order valence-corrected chi connectivity index (χ2v) is 7.91. The van der Waals surface area contributed by atoms with E-state index in [9.17, 15) is 19.8 Å². The van der Waals surface area contributed by atoms with Crippen molar-refractivity contribution in [2.24, 2.45) is 5.92 Å². The maximum Gasteiger partial charge on any atom is 0.107 e. The summed E-state index contributed by atoms with van der Waals surface area (Å²) < 4.78 is 0. The molecule has 0 aliphatic rings. The Morgan fingerprint density at radius 1 is 0.697 bits per heavy atom. The van der Waals surface area contributed by atoms with Crippen LogP contribution < -0.4 is 21.7 Å². The molecular formula is C27H34N2O4. The van der Waals surface area contributed by atoms with Crippen LogP contribution in [0.1, 0.15) is 49.0 Å². The molecule has 0 aliphatic heterocycles. The van der Waals surface area contributed by atoms with E-state index < -0.39 is 24.3 Å². The molecule has 0 spiro atoms. The predicted octanol–water partition coefficient (Wildman–Crippen LogP) is 0.714. The summed E-state index contributed by atoms with van der Waals surface area (Å²) in [6.45, 7) is 4.19. The highest BCUT2D eigenvalue weighted by atomic mass is 16.4. The lowest BCUT2D eigenvalue weighted by atomic mass is 9.96. The molecule has 6 nitrogen and oxygen atoms in total. The molecule has 0 unspecified atom stereocenters. The lowest BCUT2D eigenvalue weighted by Crippen LogP contribution is -2.51. The van der Waals surface area contributed by atoms with Crippen LogP contribution in [-0.4, -0.2) is 11.9 Å². The van der Waals surface area contributed by atoms with Gasteiger partial charge in [0.25, 0.3) is 0 Å². The Bertz CT molecular complexity index is 887. The minimum Gasteiger partial charge on any atom is -0.550 e. The van der Waals surface area contributed by atoms with Gasteiger partial charge in [0, 0.05) is 29.0 Å². The smallest absolute Gasteiger partial charge is 0.107 e. The van der Waals surface area contributed by atoms with Crippen LogP contribution in [0.2, 0.25) is 0 Å². The summed E-state index contributed by atoms with van der Waals surface area (Å²) in [4.78, 5) is 20.9. The third-order valence-corrected chi connectivity index (χ3v) is 4.81. The number of hydrogen-bond donors (Lipinski definition) is 2. The van der Waals surface area contributed by atoms with Gasteiger partial charge in [0.2, 0.25) is 0 Å². The summed E-state index contributed by atoms with van der Waals surface area (Å²) in [5.41, 5.74) is 11.2. The Morgan fingerprint density at radius 2 is 1.06 bits per heavy atom. The zero-order valence-corrected chi connectivity index (χ0v) is 19.4. The zero-order chi connectivity index (χ0) is 24.6. The van der Waals surface area contributed by atoms with E-state index in [0.717, 1.165) is 5.56 Å². The van der Waals surface area contributed by atoms with Gasteiger partial charge in [-0.2, -0.15) is 0 Å². The second-order valence-electron chi connectivity index (χ2n) is 7.91. The summed E-state index contributed by atoms with van der Waals surface area (Å²) in [7, 11) is 0. The lowest BCUT2D eigenvalue weighted by molar-refractivity contribution is -0.420. The van der Waals surface area contributed by atoms with Crippen molar-refractivity contribution in [1.29, 1.82) is 0 Å². The average molecular weight is 451 g/mol. The summed E-state index contributed by atoms with van der Waals surface area (Å²) in [6, 6.07) is 30.2. The van der Waals surface area contributed by atoms with Crippen LogP contribution in [0.15, 0.2) is 91.0 Å². The van der Waals surface area contributed by atoms with Crippen LogP contribution in [0, 0.1) is 5.92 Å². The first-order valence-electron chi connectivity index (χ1n) is 10.9. The van der Waals surface area contributed by atoms with Gasteiger partial charge in [-0.1, -0.05) is 91.0 Å². The van der Waals surface area contributed by atoms with Crippen molar-refractivity contribution < 1.29 is 31.3 Å². The molecule has 3 aromatic rings. The number of rotatable bonds is 7. The van der Waals surface area contributed by atoms with Crippen molar-refractivity contribution >= 4 is 11.9 Å². The molecule has 0 aromatic heterocycles. The fourth-order valence-corrected chi connectivity index (χ4v) is 2.90. The Balaban J connectivity index is 0.000000261. The van der Waals surface area contributed by atoms with Crippen LogP contribution in [0.5, 0.6) is 0 Å². The van der Waals surface area contributed by atoms with Crippen LogP contribution in [0.4, 0.5) is 0 Å². The highest BCUT2D eigenvalue weighted by Crippen LogP contribution is 2.11. The topological polar surface area (TPSA) is 136 Å². The Hall–Kier alpha value is -3.48. The minimum absolute atomic E-state index is 0.150. The fraction of sp³-hybridized carbons (Fsp3) is 0.259. The Labute approximate surface area is 195 Å². The molecule has 0 aliphatic carbocycles. The van der Waals surface area contributed by atoms with Crippen molar-refractivity contribution in [3.63, 3.8) is 0 Å². The van der Waals surface area contributed by atoms with E-state index in [1.165, 1.54) is 11.1 Å². The number of benzene rings is 3. The van der Waals surface area contributed by atoms with Crippen molar-refractivity contribution in [2.75, 3.05) is 0 Å². The van der Waals surface area contributed by atoms with Crippen LogP contribution >= 0.6 is 0 Å². The number of hydrogen-bond acceptors (Lipinski definition) is 4. The minimum atomic E-state index is -1.37. The van der Waals surface area contributed by atoms with Crippen molar-refractivity contribution in [3.8, 4) is 0 Å². The van der Waals surface area contributed by atoms with Crippen molar-refractivity contribution in [2.45, 2.75) is 38.8 Å². The number of carboxylic acid groups (broad SMARTS) is 2. The molecule has 0 heterocycles. The monoisotopic (exact) mass is 450 g/mol. The fourth-order valence-electron chi connectivity index (χ4n) is 2.90. The number of carboxylic acids is 2. The van der Waals surface area contributed by atoms with E-state index in [-0.39, 0.29) is 6.42 Å². The third kappa shape index (κ3) is 12.2. The van der Waals surface area contributed by atoms with Crippen molar-refractivity contribution in [3.05, 3.63) is 108 Å². The summed E-state index contributed by atoms with van der Waals surface area (Å²) in [5.74, 6) is -3.76. The number of aliphatic carboxylic acids is 2. The summed E-state index contributed by atoms with van der Waals surface area (Å²) in [6.07, 6.45) is -0.367. The zero-order valence-electron chi connectivity index (χ0n) is 19.4. The average Bonchev–Trinajstić information content (AvgIpc) is 2.81. The second kappa shape index (κ2) is 15.3. The van der Waals surface area contributed by atoms with Crippen LogP contribution in [0.25, 0.3) is 0 Å². The maximum absolute atomic E-state index is 10.6. The van der Waals surface area contributed by atoms with Crippen LogP contribution in [-0.2, 0) is 16.0 Å². The number of quaternary nitrogens is 2. The first-order chi connectivity index (χ1) is 15.7. The first kappa shape index (κ1) is 27.6. The molecule has 0 saturated carbocycles. The van der Waals surface area contributed by atoms with Gasteiger partial charge >= 0.3 is 0 Å². The van der Waals surface area contributed by atoms with E-state index in [0.29, 0.717) is 12.1 Å². The van der Waals surface area contributed by atoms with Crippen molar-refractivity contribution in [1.82, 2.24) is 0 Å². The largest absolute Gasteiger partial charge is 0.550 e. The molecule has 0 saturated heterocycles. The van der Waals surface area contributed by atoms with E-state index in [4.69, 9.17) is 0 Å². The molecule has 0 amide bonds. The van der Waals surface area contributed by atoms with Gasteiger partial charge in [0.1, 0.15) is 12.1 Å². The summed E-state index contributed by atoms with van der Waals surface area (Å²) >= 11 is 0. The van der Waals surface area contributed by atoms with E-state index in [2.05, 4.69) is 49.6 Å². The molecule has 6 N–H and O–H groups in total. The molecule has 0 bridgehead atoms. The SMILES string of the molecule is C[C@@H]([NH3+])c1ccccc1.C[C@@H]([NH3+])c1ccccc1.O=C([O-])C[C@H](Cc1ccccc1)C(=O)[O-]. The van der Waals surface area contributed by atoms with Crippen LogP contribution in [0.3, 0.4) is 0 Å². The lowest BCUT2D eigenvalue weighted by Gasteiger charge is -2.18. The van der Waals surface area contributed by atoms with Gasteiger partial charge in [0.15, 0.2) is 0 Å². The molecule has 176 valence electrons. The first-order valence-corrected chi connectivity index (χ1v) is 10.9. The standard InChI is InChI=1S/C11H12O4.2C8H11N/c12-10(13)7-9(11(14)15)6-8-4-2-1-3-5-8;2*1-7(9)8-5-3-2-4-6-8/h1-5,9H,6-7H2,(H,12,13)(H,14,15);2*2-7H,9H2,1H3/t9-;2*7-/m011/s1.